The van der Waals surface area contributed by atoms with Gasteiger partial charge in [0.1, 0.15) is 0 Å². The summed E-state index contributed by atoms with van der Waals surface area (Å²) in [7, 11) is 1.48. The predicted octanol–water partition coefficient (Wildman–Crippen LogP) is 2.46. The lowest BCUT2D eigenvalue weighted by molar-refractivity contribution is 0.384. The van der Waals surface area contributed by atoms with E-state index in [0.717, 1.165) is 12.0 Å². The minimum atomic E-state index is -0.322. The van der Waals surface area contributed by atoms with Crippen LogP contribution in [0, 0.1) is 11.2 Å². The van der Waals surface area contributed by atoms with Crippen LogP contribution in [0.5, 0.6) is 5.75 Å². The quantitative estimate of drug-likeness (QED) is 0.854. The number of benzene rings is 1. The Kier molecular flexibility index (Phi) is 2.46. The van der Waals surface area contributed by atoms with E-state index in [1.165, 1.54) is 13.2 Å². The van der Waals surface area contributed by atoms with Crippen molar-refractivity contribution in [2.24, 2.45) is 11.1 Å². The van der Waals surface area contributed by atoms with E-state index in [0.29, 0.717) is 12.3 Å². The first-order valence-electron chi connectivity index (χ1n) is 5.51. The van der Waals surface area contributed by atoms with Gasteiger partial charge in [-0.15, -0.1) is 0 Å². The van der Waals surface area contributed by atoms with Crippen molar-refractivity contribution >= 4 is 0 Å². The number of hydrogen-bond acceptors (Lipinski definition) is 2. The Balaban J connectivity index is 2.42. The van der Waals surface area contributed by atoms with Crippen LogP contribution in [0.3, 0.4) is 0 Å². The molecule has 0 aromatic heterocycles. The molecule has 1 unspecified atom stereocenters. The van der Waals surface area contributed by atoms with Gasteiger partial charge in [-0.3, -0.25) is 0 Å². The van der Waals surface area contributed by atoms with Crippen LogP contribution < -0.4 is 10.5 Å². The fraction of sp³-hybridized carbons (Fsp3) is 0.538. The second kappa shape index (κ2) is 3.45. The molecule has 1 saturated carbocycles. The van der Waals surface area contributed by atoms with E-state index in [4.69, 9.17) is 10.5 Å². The van der Waals surface area contributed by atoms with Gasteiger partial charge in [0.05, 0.1) is 7.11 Å². The fourth-order valence-electron chi connectivity index (χ4n) is 2.63. The highest BCUT2D eigenvalue weighted by molar-refractivity contribution is 5.42. The van der Waals surface area contributed by atoms with Crippen LogP contribution in [0.25, 0.3) is 0 Å². The summed E-state index contributed by atoms with van der Waals surface area (Å²) in [5.41, 5.74) is 7.15. The van der Waals surface area contributed by atoms with Gasteiger partial charge in [0, 0.05) is 12.0 Å². The number of rotatable bonds is 3. The Morgan fingerprint density at radius 1 is 1.44 bits per heavy atom. The minimum Gasteiger partial charge on any atom is -0.494 e. The van der Waals surface area contributed by atoms with Crippen molar-refractivity contribution < 1.29 is 9.13 Å². The van der Waals surface area contributed by atoms with Crippen molar-refractivity contribution in [3.63, 3.8) is 0 Å². The Morgan fingerprint density at radius 2 is 2.06 bits per heavy atom. The Bertz CT molecular complexity index is 416. The summed E-state index contributed by atoms with van der Waals surface area (Å²) < 4.78 is 18.3. The molecule has 2 rings (SSSR count). The molecule has 0 bridgehead atoms. The van der Waals surface area contributed by atoms with Crippen LogP contribution in [0.2, 0.25) is 0 Å². The molecule has 1 aromatic carbocycles. The third-order valence-electron chi connectivity index (χ3n) is 3.97. The summed E-state index contributed by atoms with van der Waals surface area (Å²) in [6, 6.07) is 5.05. The molecule has 0 saturated heterocycles. The van der Waals surface area contributed by atoms with Crippen LogP contribution >= 0.6 is 0 Å². The first kappa shape index (κ1) is 11.4. The first-order chi connectivity index (χ1) is 7.47. The summed E-state index contributed by atoms with van der Waals surface area (Å²) in [5, 5.41) is 0. The lowest BCUT2D eigenvalue weighted by atomic mass is 9.88. The summed E-state index contributed by atoms with van der Waals surface area (Å²) in [5.74, 6) is -0.0232. The normalized spacial score (nSPS) is 26.6. The van der Waals surface area contributed by atoms with E-state index in [1.54, 1.807) is 6.07 Å². The van der Waals surface area contributed by atoms with Crippen molar-refractivity contribution in [2.75, 3.05) is 13.7 Å². The third-order valence-corrected chi connectivity index (χ3v) is 3.97. The SMILES string of the molecule is COc1cc(C2(CN)CC2(C)C)ccc1F. The molecule has 1 aliphatic rings. The number of hydrogen-bond donors (Lipinski definition) is 1. The molecular formula is C13H18FNO. The zero-order chi connectivity index (χ0) is 12.0. The molecule has 16 heavy (non-hydrogen) atoms. The van der Waals surface area contributed by atoms with Gasteiger partial charge in [-0.05, 0) is 29.5 Å². The zero-order valence-corrected chi connectivity index (χ0v) is 10.0. The predicted molar refractivity (Wildman–Crippen MR) is 62.1 cm³/mol. The molecule has 0 spiro atoms. The summed E-state index contributed by atoms with van der Waals surface area (Å²) >= 11 is 0. The van der Waals surface area contributed by atoms with Crippen LogP contribution in [-0.4, -0.2) is 13.7 Å². The van der Waals surface area contributed by atoms with Crippen molar-refractivity contribution in [2.45, 2.75) is 25.7 Å². The van der Waals surface area contributed by atoms with Crippen LogP contribution in [0.1, 0.15) is 25.8 Å². The van der Waals surface area contributed by atoms with Gasteiger partial charge in [0.25, 0.3) is 0 Å². The van der Waals surface area contributed by atoms with E-state index < -0.39 is 0 Å². The number of nitrogens with two attached hydrogens (primary N) is 1. The van der Waals surface area contributed by atoms with Crippen molar-refractivity contribution in [1.82, 2.24) is 0 Å². The third kappa shape index (κ3) is 1.42. The van der Waals surface area contributed by atoms with Crippen LogP contribution in [0.4, 0.5) is 4.39 Å². The second-order valence-electron chi connectivity index (χ2n) is 5.20. The molecular weight excluding hydrogens is 205 g/mol. The number of ether oxygens (including phenoxy) is 1. The highest BCUT2D eigenvalue weighted by Gasteiger charge is 2.61. The molecule has 2 nitrogen and oxygen atoms in total. The molecule has 3 heteroatoms. The number of methoxy groups -OCH3 is 1. The first-order valence-corrected chi connectivity index (χ1v) is 5.51. The Labute approximate surface area is 95.6 Å². The molecule has 0 radical (unpaired) electrons. The van der Waals surface area contributed by atoms with E-state index in [2.05, 4.69) is 13.8 Å². The summed E-state index contributed by atoms with van der Waals surface area (Å²) in [6.07, 6.45) is 1.05. The van der Waals surface area contributed by atoms with E-state index in [1.807, 2.05) is 6.07 Å². The van der Waals surface area contributed by atoms with Gasteiger partial charge >= 0.3 is 0 Å². The molecule has 1 aliphatic carbocycles. The lowest BCUT2D eigenvalue weighted by Gasteiger charge is -2.19. The smallest absolute Gasteiger partial charge is 0.165 e. The molecule has 0 amide bonds. The molecule has 0 aliphatic heterocycles. The lowest BCUT2D eigenvalue weighted by Crippen LogP contribution is -2.25. The van der Waals surface area contributed by atoms with E-state index in [-0.39, 0.29) is 16.6 Å². The fourth-order valence-corrected chi connectivity index (χ4v) is 2.63. The average molecular weight is 223 g/mol. The van der Waals surface area contributed by atoms with Gasteiger partial charge in [-0.25, -0.2) is 4.39 Å². The largest absolute Gasteiger partial charge is 0.494 e. The maximum atomic E-state index is 13.3. The van der Waals surface area contributed by atoms with Crippen molar-refractivity contribution in [3.8, 4) is 5.75 Å². The highest BCUT2D eigenvalue weighted by Crippen LogP contribution is 2.63. The van der Waals surface area contributed by atoms with Crippen molar-refractivity contribution in [3.05, 3.63) is 29.6 Å². The van der Waals surface area contributed by atoms with E-state index >= 15 is 0 Å². The number of halogens is 1. The molecule has 88 valence electrons. The van der Waals surface area contributed by atoms with Gasteiger partial charge in [0.2, 0.25) is 0 Å². The molecule has 2 N–H and O–H groups in total. The minimum absolute atomic E-state index is 0.00597. The Morgan fingerprint density at radius 3 is 2.50 bits per heavy atom. The summed E-state index contributed by atoms with van der Waals surface area (Å²) in [4.78, 5) is 0. The molecule has 1 atom stereocenters. The average Bonchev–Trinajstić information content (AvgIpc) is 2.83. The maximum Gasteiger partial charge on any atom is 0.165 e. The van der Waals surface area contributed by atoms with Crippen molar-refractivity contribution in [1.29, 1.82) is 0 Å². The molecule has 0 heterocycles. The van der Waals surface area contributed by atoms with Gasteiger partial charge < -0.3 is 10.5 Å². The Hall–Kier alpha value is -1.09. The van der Waals surface area contributed by atoms with Gasteiger partial charge in [-0.1, -0.05) is 19.9 Å². The maximum absolute atomic E-state index is 13.3. The highest BCUT2D eigenvalue weighted by atomic mass is 19.1. The van der Waals surface area contributed by atoms with Crippen LogP contribution in [0.15, 0.2) is 18.2 Å². The van der Waals surface area contributed by atoms with Gasteiger partial charge in [0.15, 0.2) is 11.6 Å². The standard InChI is InChI=1S/C13H18FNO/c1-12(2)7-13(12,8-15)9-4-5-10(14)11(6-9)16-3/h4-6H,7-8,15H2,1-3H3. The molecule has 1 fully saturated rings. The zero-order valence-electron chi connectivity index (χ0n) is 10.0. The monoisotopic (exact) mass is 223 g/mol. The second-order valence-corrected chi connectivity index (χ2v) is 5.20. The topological polar surface area (TPSA) is 35.2 Å². The van der Waals surface area contributed by atoms with Gasteiger partial charge in [-0.2, -0.15) is 0 Å². The summed E-state index contributed by atoms with van der Waals surface area (Å²) in [6.45, 7) is 4.97. The van der Waals surface area contributed by atoms with Crippen LogP contribution in [-0.2, 0) is 5.41 Å². The molecule has 1 aromatic rings. The van der Waals surface area contributed by atoms with E-state index in [9.17, 15) is 4.39 Å².